The number of halogens is 3. The fourth-order valence-corrected chi connectivity index (χ4v) is 2.77. The summed E-state index contributed by atoms with van der Waals surface area (Å²) in [6.07, 6.45) is -2.32. The number of unbranched alkanes of at least 4 members (excludes halogenated alkanes) is 1. The maximum Gasteiger partial charge on any atom is 0.471 e. The first-order valence-corrected chi connectivity index (χ1v) is 8.68. The van der Waals surface area contributed by atoms with E-state index in [9.17, 15) is 13.2 Å². The van der Waals surface area contributed by atoms with Crippen LogP contribution in [0.1, 0.15) is 41.6 Å². The van der Waals surface area contributed by atoms with E-state index in [4.69, 9.17) is 9.26 Å². The molecule has 7 nitrogen and oxygen atoms in total. The third kappa shape index (κ3) is 4.68. The number of alkyl halides is 3. The van der Waals surface area contributed by atoms with E-state index in [1.807, 2.05) is 13.8 Å². The summed E-state index contributed by atoms with van der Waals surface area (Å²) in [5.74, 6) is 0.434. The molecule has 3 rings (SSSR count). The predicted octanol–water partition coefficient (Wildman–Crippen LogP) is 4.47. The van der Waals surface area contributed by atoms with Crippen molar-refractivity contribution in [2.24, 2.45) is 0 Å². The van der Waals surface area contributed by atoms with Gasteiger partial charge in [0.2, 0.25) is 11.7 Å². The Bertz CT molecular complexity index is 927. The average Bonchev–Trinajstić information content (AvgIpc) is 3.25. The van der Waals surface area contributed by atoms with Crippen LogP contribution in [0.2, 0.25) is 0 Å². The lowest BCUT2D eigenvalue weighted by Gasteiger charge is -2.13. The lowest BCUT2D eigenvalue weighted by Crippen LogP contribution is -2.05. The van der Waals surface area contributed by atoms with Gasteiger partial charge in [-0.2, -0.15) is 23.1 Å². The molecule has 0 aliphatic rings. The highest BCUT2D eigenvalue weighted by molar-refractivity contribution is 5.61. The molecule has 0 amide bonds. The number of aryl methyl sites for hydroxylation is 4. The van der Waals surface area contributed by atoms with E-state index in [0.29, 0.717) is 36.1 Å². The second-order valence-corrected chi connectivity index (χ2v) is 6.40. The molecule has 0 fully saturated rings. The van der Waals surface area contributed by atoms with Crippen molar-refractivity contribution in [3.8, 4) is 17.1 Å². The van der Waals surface area contributed by atoms with E-state index >= 15 is 0 Å². The van der Waals surface area contributed by atoms with E-state index in [-0.39, 0.29) is 5.82 Å². The van der Waals surface area contributed by atoms with Crippen LogP contribution < -0.4 is 4.74 Å². The highest BCUT2D eigenvalue weighted by Gasteiger charge is 2.38. The van der Waals surface area contributed by atoms with Crippen molar-refractivity contribution < 1.29 is 27.0 Å². The fraction of sp³-hybridized carbons (Fsp3) is 0.444. The average molecular weight is 396 g/mol. The molecule has 10 heteroatoms. The van der Waals surface area contributed by atoms with Crippen molar-refractivity contribution in [2.45, 2.75) is 46.2 Å². The Morgan fingerprint density at radius 2 is 1.68 bits per heavy atom. The zero-order chi connectivity index (χ0) is 20.3. The molecule has 0 unspecified atom stereocenters. The topological polar surface area (TPSA) is 87.1 Å². The smallest absolute Gasteiger partial charge is 0.471 e. The van der Waals surface area contributed by atoms with Gasteiger partial charge in [0.1, 0.15) is 5.75 Å². The summed E-state index contributed by atoms with van der Waals surface area (Å²) in [7, 11) is 0. The predicted molar refractivity (Wildman–Crippen MR) is 91.7 cm³/mol. The van der Waals surface area contributed by atoms with Gasteiger partial charge in [0, 0.05) is 18.9 Å². The Hall–Kier alpha value is -2.91. The minimum atomic E-state index is -4.67. The molecule has 2 heterocycles. The van der Waals surface area contributed by atoms with E-state index in [1.54, 1.807) is 19.1 Å². The molecule has 0 aliphatic carbocycles. The summed E-state index contributed by atoms with van der Waals surface area (Å²) in [5, 5.41) is 7.25. The van der Waals surface area contributed by atoms with Crippen molar-refractivity contribution in [3.05, 3.63) is 40.9 Å². The summed E-state index contributed by atoms with van der Waals surface area (Å²) >= 11 is 0. The summed E-state index contributed by atoms with van der Waals surface area (Å²) in [6, 6.07) is 3.35. The van der Waals surface area contributed by atoms with Crippen molar-refractivity contribution in [2.75, 3.05) is 6.61 Å². The Morgan fingerprint density at radius 3 is 2.25 bits per heavy atom. The Balaban J connectivity index is 1.59. The van der Waals surface area contributed by atoms with Crippen LogP contribution in [0.3, 0.4) is 0 Å². The molecule has 3 aromatic rings. The summed E-state index contributed by atoms with van der Waals surface area (Å²) in [4.78, 5) is 7.56. The molecule has 0 aliphatic heterocycles. The van der Waals surface area contributed by atoms with E-state index in [2.05, 4.69) is 24.8 Å². The Labute approximate surface area is 158 Å². The van der Waals surface area contributed by atoms with Crippen LogP contribution in [0.5, 0.6) is 5.75 Å². The molecular weight excluding hydrogens is 377 g/mol. The lowest BCUT2D eigenvalue weighted by molar-refractivity contribution is -0.159. The molecule has 0 saturated heterocycles. The van der Waals surface area contributed by atoms with Crippen LogP contribution in [-0.4, -0.2) is 26.9 Å². The number of rotatable bonds is 7. The van der Waals surface area contributed by atoms with Gasteiger partial charge in [-0.05, 0) is 49.9 Å². The number of nitrogens with zero attached hydrogens (tertiary/aromatic N) is 4. The van der Waals surface area contributed by atoms with Gasteiger partial charge in [-0.3, -0.25) is 0 Å². The second-order valence-electron chi connectivity index (χ2n) is 6.40. The van der Waals surface area contributed by atoms with Gasteiger partial charge < -0.3 is 13.8 Å². The standard InChI is InChI=1S/C18H19F3N4O3/c1-10-8-13(16-23-17(28-25-16)18(19,20)21)9-11(2)15(10)26-7-5-4-6-14-22-12(3)27-24-14/h8-9H,4-7H2,1-3H3. The molecule has 150 valence electrons. The maximum atomic E-state index is 12.6. The van der Waals surface area contributed by atoms with E-state index < -0.39 is 12.1 Å². The number of hydrogen-bond donors (Lipinski definition) is 0. The van der Waals surface area contributed by atoms with Crippen LogP contribution in [0.4, 0.5) is 13.2 Å². The van der Waals surface area contributed by atoms with Gasteiger partial charge in [0.15, 0.2) is 5.82 Å². The molecular formula is C18H19F3N4O3. The first-order valence-electron chi connectivity index (χ1n) is 8.68. The zero-order valence-corrected chi connectivity index (χ0v) is 15.6. The monoisotopic (exact) mass is 396 g/mol. The minimum Gasteiger partial charge on any atom is -0.493 e. The molecule has 28 heavy (non-hydrogen) atoms. The van der Waals surface area contributed by atoms with Gasteiger partial charge >= 0.3 is 12.1 Å². The number of ether oxygens (including phenoxy) is 1. The minimum absolute atomic E-state index is 0.111. The van der Waals surface area contributed by atoms with Gasteiger partial charge in [-0.15, -0.1) is 0 Å². The molecule has 0 radical (unpaired) electrons. The highest BCUT2D eigenvalue weighted by Crippen LogP contribution is 2.32. The molecule has 2 aromatic heterocycles. The number of aromatic nitrogens is 4. The van der Waals surface area contributed by atoms with Crippen LogP contribution in [0, 0.1) is 20.8 Å². The largest absolute Gasteiger partial charge is 0.493 e. The zero-order valence-electron chi connectivity index (χ0n) is 15.6. The molecule has 0 bridgehead atoms. The quantitative estimate of drug-likeness (QED) is 0.545. The van der Waals surface area contributed by atoms with E-state index in [1.165, 1.54) is 0 Å². The summed E-state index contributed by atoms with van der Waals surface area (Å²) in [5.41, 5.74) is 2.00. The third-order valence-corrected chi connectivity index (χ3v) is 4.00. The van der Waals surface area contributed by atoms with Crippen LogP contribution in [-0.2, 0) is 12.6 Å². The Kier molecular flexibility index (Phi) is 5.66. The SMILES string of the molecule is Cc1nc(CCCCOc2c(C)cc(-c3noc(C(F)(F)F)n3)cc2C)no1. The highest BCUT2D eigenvalue weighted by atomic mass is 19.4. The van der Waals surface area contributed by atoms with Crippen molar-refractivity contribution in [1.29, 1.82) is 0 Å². The molecule has 0 saturated carbocycles. The molecule has 1 aromatic carbocycles. The fourth-order valence-electron chi connectivity index (χ4n) is 2.77. The number of hydrogen-bond acceptors (Lipinski definition) is 7. The van der Waals surface area contributed by atoms with Crippen molar-refractivity contribution >= 4 is 0 Å². The van der Waals surface area contributed by atoms with Crippen LogP contribution in [0.15, 0.2) is 21.2 Å². The van der Waals surface area contributed by atoms with Crippen LogP contribution >= 0.6 is 0 Å². The molecule has 0 atom stereocenters. The lowest BCUT2D eigenvalue weighted by atomic mass is 10.1. The van der Waals surface area contributed by atoms with Crippen molar-refractivity contribution in [3.63, 3.8) is 0 Å². The first-order chi connectivity index (χ1) is 13.2. The van der Waals surface area contributed by atoms with Gasteiger partial charge in [0.25, 0.3) is 0 Å². The normalized spacial score (nSPS) is 11.8. The first kappa shape index (κ1) is 19.8. The van der Waals surface area contributed by atoms with Gasteiger partial charge in [-0.25, -0.2) is 0 Å². The van der Waals surface area contributed by atoms with Crippen molar-refractivity contribution in [1.82, 2.24) is 20.3 Å². The second kappa shape index (κ2) is 7.99. The molecule has 0 spiro atoms. The van der Waals surface area contributed by atoms with Crippen LogP contribution in [0.25, 0.3) is 11.4 Å². The van der Waals surface area contributed by atoms with Gasteiger partial charge in [-0.1, -0.05) is 10.3 Å². The van der Waals surface area contributed by atoms with Gasteiger partial charge in [0.05, 0.1) is 6.61 Å². The summed E-state index contributed by atoms with van der Waals surface area (Å²) < 4.78 is 52.9. The third-order valence-electron chi connectivity index (χ3n) is 4.00. The Morgan fingerprint density at radius 1 is 0.964 bits per heavy atom. The number of benzene rings is 1. The van der Waals surface area contributed by atoms with E-state index in [0.717, 1.165) is 24.0 Å². The maximum absolute atomic E-state index is 12.6. The molecule has 0 N–H and O–H groups in total. The summed E-state index contributed by atoms with van der Waals surface area (Å²) in [6.45, 7) is 5.88.